The number of carbonyl (C=O) groups is 2. The number of rotatable bonds is 3. The molecule has 4 nitrogen and oxygen atoms in total. The van der Waals surface area contributed by atoms with Crippen LogP contribution in [0.4, 0.5) is 5.69 Å². The molecule has 2 rings (SSSR count). The van der Waals surface area contributed by atoms with Crippen LogP contribution < -0.4 is 5.32 Å². The number of piperidine rings is 1. The Hall–Kier alpha value is -1.26. The highest BCUT2D eigenvalue weighted by Crippen LogP contribution is 2.25. The number of benzene rings is 1. The van der Waals surface area contributed by atoms with Gasteiger partial charge >= 0.3 is 0 Å². The molecule has 108 valence electrons. The molecule has 1 aliphatic rings. The number of halogens is 2. The predicted molar refractivity (Wildman–Crippen MR) is 80.1 cm³/mol. The first kappa shape index (κ1) is 15.1. The van der Waals surface area contributed by atoms with Crippen molar-refractivity contribution in [3.8, 4) is 0 Å². The molecule has 6 heteroatoms. The van der Waals surface area contributed by atoms with Crippen molar-refractivity contribution in [2.75, 3.05) is 18.4 Å². The van der Waals surface area contributed by atoms with E-state index in [-0.39, 0.29) is 18.2 Å². The average molecular weight is 315 g/mol. The third-order valence-corrected chi connectivity index (χ3v) is 3.77. The second-order valence-corrected chi connectivity index (χ2v) is 5.63. The zero-order valence-electron chi connectivity index (χ0n) is 11.0. The lowest BCUT2D eigenvalue weighted by Gasteiger charge is -2.26. The largest absolute Gasteiger partial charge is 0.342 e. The fraction of sp³-hybridized carbons (Fsp3) is 0.429. The highest BCUT2D eigenvalue weighted by molar-refractivity contribution is 6.36. The normalized spacial score (nSPS) is 15.0. The minimum absolute atomic E-state index is 0.132. The third kappa shape index (κ3) is 4.12. The lowest BCUT2D eigenvalue weighted by molar-refractivity contribution is -0.135. The molecular formula is C14H16Cl2N2O2. The SMILES string of the molecule is O=C(CC(=O)N1CCCCC1)Nc1ccc(Cl)cc1Cl. The summed E-state index contributed by atoms with van der Waals surface area (Å²) in [5.74, 6) is -0.489. The van der Waals surface area contributed by atoms with Gasteiger partial charge in [-0.25, -0.2) is 0 Å². The van der Waals surface area contributed by atoms with Crippen LogP contribution in [0, 0.1) is 0 Å². The molecule has 1 aliphatic heterocycles. The monoisotopic (exact) mass is 314 g/mol. The predicted octanol–water partition coefficient (Wildman–Crippen LogP) is 3.33. The van der Waals surface area contributed by atoms with E-state index in [1.54, 1.807) is 23.1 Å². The van der Waals surface area contributed by atoms with Gasteiger partial charge in [-0.05, 0) is 37.5 Å². The lowest BCUT2D eigenvalue weighted by atomic mass is 10.1. The van der Waals surface area contributed by atoms with E-state index in [0.717, 1.165) is 32.4 Å². The molecule has 0 radical (unpaired) electrons. The average Bonchev–Trinajstić information content (AvgIpc) is 2.43. The van der Waals surface area contributed by atoms with Gasteiger partial charge in [-0.1, -0.05) is 23.2 Å². The summed E-state index contributed by atoms with van der Waals surface area (Å²) in [4.78, 5) is 25.5. The summed E-state index contributed by atoms with van der Waals surface area (Å²) in [5.41, 5.74) is 0.465. The summed E-state index contributed by atoms with van der Waals surface area (Å²) in [6.07, 6.45) is 3.02. The Kier molecular flexibility index (Phi) is 5.26. The molecular weight excluding hydrogens is 299 g/mol. The Balaban J connectivity index is 1.90. The minimum Gasteiger partial charge on any atom is -0.342 e. The Labute approximate surface area is 128 Å². The number of likely N-dealkylation sites (tertiary alicyclic amines) is 1. The zero-order valence-corrected chi connectivity index (χ0v) is 12.5. The highest BCUT2D eigenvalue weighted by Gasteiger charge is 2.19. The van der Waals surface area contributed by atoms with Crippen molar-refractivity contribution in [1.29, 1.82) is 0 Å². The standard InChI is InChI=1S/C14H16Cl2N2O2/c15-10-4-5-12(11(16)8-10)17-13(19)9-14(20)18-6-2-1-3-7-18/h4-5,8H,1-3,6-7,9H2,(H,17,19). The molecule has 1 saturated heterocycles. The molecule has 1 aromatic carbocycles. The molecule has 1 heterocycles. The minimum atomic E-state index is -0.357. The van der Waals surface area contributed by atoms with Crippen molar-refractivity contribution in [2.45, 2.75) is 25.7 Å². The van der Waals surface area contributed by atoms with Crippen LogP contribution in [0.1, 0.15) is 25.7 Å². The van der Waals surface area contributed by atoms with Crippen molar-refractivity contribution < 1.29 is 9.59 Å². The second-order valence-electron chi connectivity index (χ2n) is 4.79. The molecule has 0 bridgehead atoms. The van der Waals surface area contributed by atoms with E-state index < -0.39 is 0 Å². The van der Waals surface area contributed by atoms with E-state index in [0.29, 0.717) is 15.7 Å². The summed E-state index contributed by atoms with van der Waals surface area (Å²) in [6.45, 7) is 1.49. The van der Waals surface area contributed by atoms with Gasteiger partial charge in [-0.3, -0.25) is 9.59 Å². The summed E-state index contributed by atoms with van der Waals surface area (Å²) in [7, 11) is 0. The number of hydrogen-bond acceptors (Lipinski definition) is 2. The molecule has 0 saturated carbocycles. The molecule has 0 unspecified atom stereocenters. The van der Waals surface area contributed by atoms with Crippen LogP contribution in [0.5, 0.6) is 0 Å². The van der Waals surface area contributed by atoms with E-state index in [9.17, 15) is 9.59 Å². The number of anilines is 1. The Bertz CT molecular complexity index is 514. The summed E-state index contributed by atoms with van der Waals surface area (Å²) >= 11 is 11.7. The Morgan fingerprint density at radius 2 is 1.85 bits per heavy atom. The smallest absolute Gasteiger partial charge is 0.233 e. The van der Waals surface area contributed by atoms with Gasteiger partial charge in [0.25, 0.3) is 0 Å². The van der Waals surface area contributed by atoms with Gasteiger partial charge in [0.15, 0.2) is 0 Å². The number of nitrogens with zero attached hydrogens (tertiary/aromatic N) is 1. The molecule has 1 aromatic rings. The fourth-order valence-corrected chi connectivity index (χ4v) is 2.63. The number of hydrogen-bond donors (Lipinski definition) is 1. The van der Waals surface area contributed by atoms with Crippen molar-refractivity contribution in [3.05, 3.63) is 28.2 Å². The first-order valence-corrected chi connectivity index (χ1v) is 7.34. The first-order valence-electron chi connectivity index (χ1n) is 6.59. The topological polar surface area (TPSA) is 49.4 Å². The van der Waals surface area contributed by atoms with Gasteiger partial charge in [0, 0.05) is 18.1 Å². The quantitative estimate of drug-likeness (QED) is 0.870. The van der Waals surface area contributed by atoms with Gasteiger partial charge in [0.1, 0.15) is 6.42 Å². The van der Waals surface area contributed by atoms with Crippen LogP contribution in [0.3, 0.4) is 0 Å². The number of carbonyl (C=O) groups excluding carboxylic acids is 2. The van der Waals surface area contributed by atoms with E-state index in [1.807, 2.05) is 0 Å². The van der Waals surface area contributed by atoms with Crippen LogP contribution in [0.25, 0.3) is 0 Å². The summed E-state index contributed by atoms with van der Waals surface area (Å²) < 4.78 is 0. The van der Waals surface area contributed by atoms with Crippen molar-refractivity contribution in [3.63, 3.8) is 0 Å². The van der Waals surface area contributed by atoms with Gasteiger partial charge < -0.3 is 10.2 Å². The summed E-state index contributed by atoms with van der Waals surface area (Å²) in [6, 6.07) is 4.80. The van der Waals surface area contributed by atoms with Crippen LogP contribution in [0.2, 0.25) is 10.0 Å². The van der Waals surface area contributed by atoms with E-state index in [2.05, 4.69) is 5.32 Å². The van der Waals surface area contributed by atoms with Gasteiger partial charge in [0.05, 0.1) is 10.7 Å². The molecule has 20 heavy (non-hydrogen) atoms. The van der Waals surface area contributed by atoms with E-state index in [1.165, 1.54) is 0 Å². The Morgan fingerprint density at radius 1 is 1.15 bits per heavy atom. The van der Waals surface area contributed by atoms with Gasteiger partial charge in [-0.15, -0.1) is 0 Å². The number of nitrogens with one attached hydrogen (secondary N) is 1. The molecule has 0 spiro atoms. The second kappa shape index (κ2) is 6.95. The number of amides is 2. The molecule has 1 fully saturated rings. The zero-order chi connectivity index (χ0) is 14.5. The molecule has 1 N–H and O–H groups in total. The first-order chi connectivity index (χ1) is 9.56. The fourth-order valence-electron chi connectivity index (χ4n) is 2.18. The molecule has 0 aliphatic carbocycles. The van der Waals surface area contributed by atoms with Crippen LogP contribution in [0.15, 0.2) is 18.2 Å². The molecule has 0 aromatic heterocycles. The summed E-state index contributed by atoms with van der Waals surface area (Å²) in [5, 5.41) is 3.49. The molecule has 2 amide bonds. The van der Waals surface area contributed by atoms with E-state index in [4.69, 9.17) is 23.2 Å². The maximum atomic E-state index is 11.9. The highest BCUT2D eigenvalue weighted by atomic mass is 35.5. The van der Waals surface area contributed by atoms with Crippen molar-refractivity contribution >= 4 is 40.7 Å². The van der Waals surface area contributed by atoms with Gasteiger partial charge in [-0.2, -0.15) is 0 Å². The third-order valence-electron chi connectivity index (χ3n) is 3.23. The Morgan fingerprint density at radius 3 is 2.50 bits per heavy atom. The van der Waals surface area contributed by atoms with Crippen LogP contribution in [-0.2, 0) is 9.59 Å². The van der Waals surface area contributed by atoms with Crippen molar-refractivity contribution in [1.82, 2.24) is 4.90 Å². The van der Waals surface area contributed by atoms with E-state index >= 15 is 0 Å². The van der Waals surface area contributed by atoms with Crippen LogP contribution in [-0.4, -0.2) is 29.8 Å². The van der Waals surface area contributed by atoms with Crippen molar-refractivity contribution in [2.24, 2.45) is 0 Å². The van der Waals surface area contributed by atoms with Crippen LogP contribution >= 0.6 is 23.2 Å². The lowest BCUT2D eigenvalue weighted by Crippen LogP contribution is -2.37. The maximum Gasteiger partial charge on any atom is 0.233 e. The molecule has 0 atom stereocenters. The maximum absolute atomic E-state index is 11.9. The van der Waals surface area contributed by atoms with Gasteiger partial charge in [0.2, 0.25) is 11.8 Å².